The lowest BCUT2D eigenvalue weighted by Crippen LogP contribution is -2.24. The van der Waals surface area contributed by atoms with Crippen LogP contribution in [0.3, 0.4) is 0 Å². The molecule has 1 aromatic carbocycles. The van der Waals surface area contributed by atoms with Crippen LogP contribution in [-0.2, 0) is 24.8 Å². The molecule has 8 nitrogen and oxygen atoms in total. The first-order valence-corrected chi connectivity index (χ1v) is 11.1. The van der Waals surface area contributed by atoms with Crippen LogP contribution in [0.2, 0.25) is 0 Å². The number of H-pyrrole nitrogens is 1. The van der Waals surface area contributed by atoms with E-state index in [0.29, 0.717) is 24.9 Å². The molecule has 32 heavy (non-hydrogen) atoms. The number of benzene rings is 1. The molecule has 9 heteroatoms. The van der Waals surface area contributed by atoms with Crippen LogP contribution < -0.4 is 5.56 Å². The third-order valence-corrected chi connectivity index (χ3v) is 6.98. The van der Waals surface area contributed by atoms with Gasteiger partial charge in [-0.2, -0.15) is 10.2 Å². The van der Waals surface area contributed by atoms with Crippen molar-refractivity contribution in [1.82, 2.24) is 29.5 Å². The molecule has 158 valence electrons. The van der Waals surface area contributed by atoms with Gasteiger partial charge in [-0.15, -0.1) is 11.3 Å². The van der Waals surface area contributed by atoms with E-state index in [9.17, 15) is 9.59 Å². The molecule has 4 aromatic heterocycles. The quantitative estimate of drug-likeness (QED) is 0.461. The molecular formula is C23H18N6O2S. The number of aromatic amines is 1. The van der Waals surface area contributed by atoms with Crippen molar-refractivity contribution < 1.29 is 4.79 Å². The molecule has 4 heterocycles. The monoisotopic (exact) mass is 442 g/mol. The average molecular weight is 443 g/mol. The van der Waals surface area contributed by atoms with Gasteiger partial charge in [-0.25, -0.2) is 9.67 Å². The summed E-state index contributed by atoms with van der Waals surface area (Å²) in [6.07, 6.45) is 10.1. The molecule has 6 rings (SSSR count). The standard InChI is InChI=1S/C23H18N6O2S/c1-28-20-16(21-22(28)26-19(32-21)9-13-5-2-3-8-18(13)30)11-25-29(23(20)31)12-14-6-4-7-17-15(14)10-24-27-17/h2-7,10-11H,8-9,12H2,1H3,(H,24,27). The van der Waals surface area contributed by atoms with Gasteiger partial charge >= 0.3 is 0 Å². The third-order valence-electron chi connectivity index (χ3n) is 5.90. The number of carbonyl (C=O) groups excluding carboxylic acids is 1. The van der Waals surface area contributed by atoms with Crippen LogP contribution in [0.25, 0.3) is 32.2 Å². The molecule has 0 radical (unpaired) electrons. The number of nitrogens with one attached hydrogen (secondary N) is 1. The number of hydrogen-bond acceptors (Lipinski definition) is 6. The smallest absolute Gasteiger partial charge is 0.291 e. The zero-order chi connectivity index (χ0) is 21.8. The van der Waals surface area contributed by atoms with Crippen LogP contribution in [0.1, 0.15) is 17.0 Å². The minimum Gasteiger partial charge on any atom is -0.323 e. The normalized spacial score (nSPS) is 14.2. The number of Topliss-reactive ketones (excluding diaryl/α,β-unsaturated/α-hetero) is 1. The van der Waals surface area contributed by atoms with E-state index in [2.05, 4.69) is 15.3 Å². The van der Waals surface area contributed by atoms with Gasteiger partial charge in [0.25, 0.3) is 5.56 Å². The van der Waals surface area contributed by atoms with E-state index in [1.807, 2.05) is 48.0 Å². The highest BCUT2D eigenvalue weighted by Gasteiger charge is 2.20. The number of allylic oxidation sites excluding steroid dienone is 4. The Kier molecular flexibility index (Phi) is 4.19. The van der Waals surface area contributed by atoms with Gasteiger partial charge in [0, 0.05) is 36.2 Å². The second-order valence-electron chi connectivity index (χ2n) is 7.86. The van der Waals surface area contributed by atoms with E-state index in [0.717, 1.165) is 42.8 Å². The fourth-order valence-electron chi connectivity index (χ4n) is 4.25. The molecule has 5 aromatic rings. The summed E-state index contributed by atoms with van der Waals surface area (Å²) in [7, 11) is 1.85. The first-order chi connectivity index (χ1) is 15.6. The number of nitrogens with zero attached hydrogens (tertiary/aromatic N) is 5. The van der Waals surface area contributed by atoms with Crippen LogP contribution in [0.5, 0.6) is 0 Å². The lowest BCUT2D eigenvalue weighted by atomic mass is 10.0. The summed E-state index contributed by atoms with van der Waals surface area (Å²) in [4.78, 5) is 30.2. The van der Waals surface area contributed by atoms with Crippen molar-refractivity contribution in [3.63, 3.8) is 0 Å². The fraction of sp³-hybridized carbons (Fsp3) is 0.174. The largest absolute Gasteiger partial charge is 0.323 e. The van der Waals surface area contributed by atoms with Gasteiger partial charge in [-0.3, -0.25) is 14.7 Å². The van der Waals surface area contributed by atoms with Gasteiger partial charge in [0.05, 0.1) is 29.2 Å². The van der Waals surface area contributed by atoms with Crippen molar-refractivity contribution in [3.8, 4) is 0 Å². The van der Waals surface area contributed by atoms with Crippen molar-refractivity contribution in [2.45, 2.75) is 19.4 Å². The summed E-state index contributed by atoms with van der Waals surface area (Å²) < 4.78 is 4.23. The molecule has 0 amide bonds. The van der Waals surface area contributed by atoms with Crippen molar-refractivity contribution in [2.24, 2.45) is 7.05 Å². The number of carbonyl (C=O) groups is 1. The Hall–Kier alpha value is -3.85. The highest BCUT2D eigenvalue weighted by atomic mass is 32.1. The molecule has 1 N–H and O–H groups in total. The molecule has 1 aliphatic rings. The number of rotatable bonds is 4. The molecule has 0 aliphatic heterocycles. The maximum atomic E-state index is 13.3. The van der Waals surface area contributed by atoms with Gasteiger partial charge in [-0.1, -0.05) is 30.4 Å². The number of aryl methyl sites for hydroxylation is 1. The van der Waals surface area contributed by atoms with Crippen molar-refractivity contribution in [1.29, 1.82) is 0 Å². The molecule has 0 spiro atoms. The lowest BCUT2D eigenvalue weighted by molar-refractivity contribution is -0.115. The number of aromatic nitrogens is 6. The molecule has 0 fully saturated rings. The van der Waals surface area contributed by atoms with Gasteiger partial charge in [0.15, 0.2) is 11.4 Å². The highest BCUT2D eigenvalue weighted by Crippen LogP contribution is 2.32. The van der Waals surface area contributed by atoms with E-state index in [4.69, 9.17) is 4.98 Å². The third kappa shape index (κ3) is 2.85. The van der Waals surface area contributed by atoms with Crippen LogP contribution in [-0.4, -0.2) is 35.3 Å². The number of ketones is 1. The van der Waals surface area contributed by atoms with Crippen LogP contribution in [0.4, 0.5) is 0 Å². The van der Waals surface area contributed by atoms with Crippen molar-refractivity contribution >= 4 is 49.3 Å². The maximum Gasteiger partial charge on any atom is 0.291 e. The lowest BCUT2D eigenvalue weighted by Gasteiger charge is -2.07. The molecule has 0 unspecified atom stereocenters. The Bertz CT molecular complexity index is 1660. The maximum absolute atomic E-state index is 13.3. The Morgan fingerprint density at radius 3 is 2.97 bits per heavy atom. The Morgan fingerprint density at radius 1 is 1.19 bits per heavy atom. The minimum absolute atomic E-state index is 0.133. The Balaban J connectivity index is 1.42. The summed E-state index contributed by atoms with van der Waals surface area (Å²) in [6.45, 7) is 0.354. The van der Waals surface area contributed by atoms with E-state index in [1.165, 1.54) is 16.0 Å². The summed E-state index contributed by atoms with van der Waals surface area (Å²) in [5.41, 5.74) is 3.83. The average Bonchev–Trinajstić information content (AvgIpc) is 3.49. The second kappa shape index (κ2) is 7.10. The minimum atomic E-state index is -0.160. The summed E-state index contributed by atoms with van der Waals surface area (Å²) in [6, 6.07) is 5.86. The molecular weight excluding hydrogens is 424 g/mol. The van der Waals surface area contributed by atoms with Gasteiger partial charge < -0.3 is 4.57 Å². The second-order valence-corrected chi connectivity index (χ2v) is 8.95. The fourth-order valence-corrected chi connectivity index (χ4v) is 5.38. The highest BCUT2D eigenvalue weighted by molar-refractivity contribution is 7.19. The van der Waals surface area contributed by atoms with Crippen LogP contribution in [0, 0.1) is 0 Å². The number of hydrogen-bond donors (Lipinski definition) is 1. The van der Waals surface area contributed by atoms with Crippen molar-refractivity contribution in [2.75, 3.05) is 0 Å². The molecule has 0 saturated carbocycles. The van der Waals surface area contributed by atoms with Gasteiger partial charge in [0.2, 0.25) is 0 Å². The topological polar surface area (TPSA) is 98.5 Å². The molecule has 0 bridgehead atoms. The molecule has 0 saturated heterocycles. The van der Waals surface area contributed by atoms with Crippen molar-refractivity contribution in [3.05, 3.63) is 75.3 Å². The Labute approximate surface area is 185 Å². The summed E-state index contributed by atoms with van der Waals surface area (Å²) in [5, 5.41) is 14.1. The van der Waals surface area contributed by atoms with E-state index < -0.39 is 0 Å². The van der Waals surface area contributed by atoms with E-state index in [1.54, 1.807) is 12.4 Å². The van der Waals surface area contributed by atoms with E-state index in [-0.39, 0.29) is 11.3 Å². The first-order valence-electron chi connectivity index (χ1n) is 10.2. The predicted molar refractivity (Wildman–Crippen MR) is 124 cm³/mol. The zero-order valence-corrected chi connectivity index (χ0v) is 18.0. The van der Waals surface area contributed by atoms with Crippen LogP contribution in [0.15, 0.2) is 59.2 Å². The molecule has 0 atom stereocenters. The predicted octanol–water partition coefficient (Wildman–Crippen LogP) is 3.27. The number of fused-ring (bicyclic) bond motifs is 4. The van der Waals surface area contributed by atoms with Gasteiger partial charge in [-0.05, 0) is 11.6 Å². The van der Waals surface area contributed by atoms with E-state index >= 15 is 0 Å². The van der Waals surface area contributed by atoms with Gasteiger partial charge in [0.1, 0.15) is 10.5 Å². The van der Waals surface area contributed by atoms with Crippen LogP contribution >= 0.6 is 11.3 Å². The molecule has 1 aliphatic carbocycles. The zero-order valence-electron chi connectivity index (χ0n) is 17.2. The first kappa shape index (κ1) is 18.9. The SMILES string of the molecule is Cn1c2nc(CC3=CC=CCC3=O)sc2c2cnn(Cc3cccc4[nH]ncc34)c(=O)c21. The summed E-state index contributed by atoms with van der Waals surface area (Å²) >= 11 is 1.52. The Morgan fingerprint density at radius 2 is 2.09 bits per heavy atom. The summed E-state index contributed by atoms with van der Waals surface area (Å²) in [5.74, 6) is 0.133. The number of thiazole rings is 1.